The Morgan fingerprint density at radius 2 is 1.69 bits per heavy atom. The number of phenols is 1. The molecule has 11 heteroatoms. The van der Waals surface area contributed by atoms with E-state index in [1.54, 1.807) is 12.1 Å². The van der Waals surface area contributed by atoms with Gasteiger partial charge in [-0.15, -0.1) is 0 Å². The highest BCUT2D eigenvalue weighted by Crippen LogP contribution is 2.39. The molecule has 10 nitrogen and oxygen atoms in total. The van der Waals surface area contributed by atoms with Gasteiger partial charge in [-0.2, -0.15) is 4.31 Å². The van der Waals surface area contributed by atoms with Crippen LogP contribution in [0.15, 0.2) is 59.0 Å². The number of ketones is 1. The Morgan fingerprint density at radius 1 is 1.06 bits per heavy atom. The van der Waals surface area contributed by atoms with Crippen molar-refractivity contribution in [1.82, 2.24) is 9.21 Å². The van der Waals surface area contributed by atoms with Gasteiger partial charge in [0.05, 0.1) is 36.3 Å². The molecule has 2 aromatic carbocycles. The van der Waals surface area contributed by atoms with Crippen molar-refractivity contribution in [2.24, 2.45) is 0 Å². The zero-order valence-corrected chi connectivity index (χ0v) is 19.9. The molecule has 2 aliphatic rings. The highest BCUT2D eigenvalue weighted by atomic mass is 32.2. The number of carbonyl (C=O) groups excluding carboxylic acids is 2. The second kappa shape index (κ2) is 10.2. The topological polar surface area (TPSA) is 134 Å². The van der Waals surface area contributed by atoms with Gasteiger partial charge in [-0.25, -0.2) is 8.42 Å². The van der Waals surface area contributed by atoms with Crippen molar-refractivity contribution in [3.63, 3.8) is 0 Å². The molecule has 2 N–H and O–H groups in total. The third-order valence-corrected chi connectivity index (χ3v) is 7.93. The summed E-state index contributed by atoms with van der Waals surface area (Å²) in [6.45, 7) is 1.43. The lowest BCUT2D eigenvalue weighted by molar-refractivity contribution is -0.140. The monoisotopic (exact) mass is 502 g/mol. The number of Topliss-reactive ketones (excluding diaryl/α,β-unsaturated/α-hetero) is 1. The summed E-state index contributed by atoms with van der Waals surface area (Å²) in [5.41, 5.74) is 0.589. The SMILES string of the molecule is COCCN1C(=O)C(=O)C(=C(O)c2ccc(S(=O)(=O)N3CCOCC3)cc2)[C@H]1c1ccc(O)cc1. The molecule has 2 fully saturated rings. The van der Waals surface area contributed by atoms with Crippen LogP contribution in [-0.4, -0.2) is 86.1 Å². The van der Waals surface area contributed by atoms with Crippen molar-refractivity contribution in [3.05, 3.63) is 65.2 Å². The minimum absolute atomic E-state index is 0.0136. The highest BCUT2D eigenvalue weighted by Gasteiger charge is 2.45. The molecule has 2 heterocycles. The first-order valence-corrected chi connectivity index (χ1v) is 12.4. The van der Waals surface area contributed by atoms with E-state index < -0.39 is 33.5 Å². The Morgan fingerprint density at radius 3 is 2.29 bits per heavy atom. The Balaban J connectivity index is 1.73. The van der Waals surface area contributed by atoms with Crippen LogP contribution in [0.4, 0.5) is 0 Å². The summed E-state index contributed by atoms with van der Waals surface area (Å²) >= 11 is 0. The Kier molecular flexibility index (Phi) is 7.22. The summed E-state index contributed by atoms with van der Waals surface area (Å²) in [6, 6.07) is 10.6. The quantitative estimate of drug-likeness (QED) is 0.330. The molecule has 0 saturated carbocycles. The van der Waals surface area contributed by atoms with Crippen LogP contribution >= 0.6 is 0 Å². The molecule has 2 aliphatic heterocycles. The maximum atomic E-state index is 13.0. The fourth-order valence-corrected chi connectivity index (χ4v) is 5.59. The maximum absolute atomic E-state index is 13.0. The number of phenolic OH excluding ortho intramolecular Hbond substituents is 1. The van der Waals surface area contributed by atoms with Gasteiger partial charge in [-0.05, 0) is 42.0 Å². The fraction of sp³-hybridized carbons (Fsp3) is 0.333. The van der Waals surface area contributed by atoms with Gasteiger partial charge in [0.25, 0.3) is 11.7 Å². The van der Waals surface area contributed by atoms with E-state index in [0.717, 1.165) is 0 Å². The number of aliphatic hydroxyl groups is 1. The summed E-state index contributed by atoms with van der Waals surface area (Å²) in [6.07, 6.45) is 0. The molecular formula is C24H26N2O8S. The van der Waals surface area contributed by atoms with Gasteiger partial charge in [-0.3, -0.25) is 9.59 Å². The number of amides is 1. The minimum atomic E-state index is -3.73. The number of nitrogens with zero attached hydrogens (tertiary/aromatic N) is 2. The zero-order valence-electron chi connectivity index (χ0n) is 19.1. The van der Waals surface area contributed by atoms with Gasteiger partial charge in [0.1, 0.15) is 11.5 Å². The van der Waals surface area contributed by atoms with Gasteiger partial charge in [0.2, 0.25) is 10.0 Å². The Labute approximate surface area is 203 Å². The predicted octanol–water partition coefficient (Wildman–Crippen LogP) is 1.48. The molecule has 186 valence electrons. The van der Waals surface area contributed by atoms with E-state index in [9.17, 15) is 28.2 Å². The van der Waals surface area contributed by atoms with E-state index in [2.05, 4.69) is 0 Å². The van der Waals surface area contributed by atoms with E-state index in [4.69, 9.17) is 9.47 Å². The van der Waals surface area contributed by atoms with Crippen LogP contribution in [0.3, 0.4) is 0 Å². The minimum Gasteiger partial charge on any atom is -0.508 e. The number of ether oxygens (including phenoxy) is 2. The molecule has 35 heavy (non-hydrogen) atoms. The smallest absolute Gasteiger partial charge is 0.295 e. The maximum Gasteiger partial charge on any atom is 0.295 e. The second-order valence-corrected chi connectivity index (χ2v) is 10.1. The van der Waals surface area contributed by atoms with E-state index in [1.165, 1.54) is 52.7 Å². The first kappa shape index (κ1) is 24.9. The Hall–Kier alpha value is -3.25. The molecule has 0 unspecified atom stereocenters. The first-order valence-electron chi connectivity index (χ1n) is 11.0. The molecule has 4 rings (SSSR count). The number of hydrogen-bond acceptors (Lipinski definition) is 8. The number of rotatable bonds is 7. The van der Waals surface area contributed by atoms with Crippen molar-refractivity contribution in [1.29, 1.82) is 0 Å². The van der Waals surface area contributed by atoms with Gasteiger partial charge in [-0.1, -0.05) is 12.1 Å². The van der Waals surface area contributed by atoms with E-state index >= 15 is 0 Å². The van der Waals surface area contributed by atoms with Crippen molar-refractivity contribution in [3.8, 4) is 5.75 Å². The average Bonchev–Trinajstić information content (AvgIpc) is 3.13. The second-order valence-electron chi connectivity index (χ2n) is 8.12. The summed E-state index contributed by atoms with van der Waals surface area (Å²) in [5, 5.41) is 20.8. The first-order chi connectivity index (χ1) is 16.8. The lowest BCUT2D eigenvalue weighted by Crippen LogP contribution is -2.40. The zero-order chi connectivity index (χ0) is 25.2. The van der Waals surface area contributed by atoms with Crippen LogP contribution in [-0.2, 0) is 29.1 Å². The largest absolute Gasteiger partial charge is 0.508 e. The molecule has 0 aliphatic carbocycles. The number of benzene rings is 2. The van der Waals surface area contributed by atoms with Gasteiger partial charge < -0.3 is 24.6 Å². The summed E-state index contributed by atoms with van der Waals surface area (Å²) in [7, 11) is -2.26. The van der Waals surface area contributed by atoms with Crippen LogP contribution in [0.1, 0.15) is 17.2 Å². The molecule has 0 bridgehead atoms. The number of aromatic hydroxyl groups is 1. The van der Waals surface area contributed by atoms with Crippen molar-refractivity contribution in [2.75, 3.05) is 46.6 Å². The number of hydrogen-bond donors (Lipinski definition) is 2. The van der Waals surface area contributed by atoms with Crippen LogP contribution in [0.25, 0.3) is 5.76 Å². The predicted molar refractivity (Wildman–Crippen MR) is 125 cm³/mol. The lowest BCUT2D eigenvalue weighted by Gasteiger charge is -2.26. The summed E-state index contributed by atoms with van der Waals surface area (Å²) < 4.78 is 37.4. The Bertz CT molecular complexity index is 1230. The normalized spacial score (nSPS) is 20.9. The van der Waals surface area contributed by atoms with Gasteiger partial charge >= 0.3 is 0 Å². The van der Waals surface area contributed by atoms with Gasteiger partial charge in [0.15, 0.2) is 0 Å². The van der Waals surface area contributed by atoms with Crippen LogP contribution < -0.4 is 0 Å². The molecule has 2 saturated heterocycles. The number of carbonyl (C=O) groups is 2. The number of methoxy groups -OCH3 is 1. The van der Waals surface area contributed by atoms with E-state index in [1.807, 2.05) is 0 Å². The highest BCUT2D eigenvalue weighted by molar-refractivity contribution is 7.89. The molecular weight excluding hydrogens is 476 g/mol. The average molecular weight is 503 g/mol. The number of aliphatic hydroxyl groups excluding tert-OH is 1. The third kappa shape index (κ3) is 4.80. The fourth-order valence-electron chi connectivity index (χ4n) is 4.18. The molecule has 0 aromatic heterocycles. The standard InChI is InChI=1S/C24H26N2O8S/c1-33-13-12-26-21(16-2-6-18(27)7-3-16)20(23(29)24(26)30)22(28)17-4-8-19(9-5-17)35(31,32)25-10-14-34-15-11-25/h2-9,21,27-28H,10-15H2,1H3/t21-/m1/s1. The van der Waals surface area contributed by atoms with E-state index in [-0.39, 0.29) is 48.0 Å². The summed E-state index contributed by atoms with van der Waals surface area (Å²) in [4.78, 5) is 27.1. The number of morpholine rings is 1. The van der Waals surface area contributed by atoms with Crippen LogP contribution in [0, 0.1) is 0 Å². The number of sulfonamides is 1. The molecule has 0 radical (unpaired) electrons. The van der Waals surface area contributed by atoms with Crippen molar-refractivity contribution in [2.45, 2.75) is 10.9 Å². The van der Waals surface area contributed by atoms with Gasteiger partial charge in [0, 0.05) is 32.3 Å². The van der Waals surface area contributed by atoms with Crippen LogP contribution in [0.2, 0.25) is 0 Å². The lowest BCUT2D eigenvalue weighted by atomic mass is 9.95. The third-order valence-electron chi connectivity index (χ3n) is 6.02. The van der Waals surface area contributed by atoms with Crippen molar-refractivity contribution >= 4 is 27.5 Å². The molecule has 1 atom stereocenters. The molecule has 1 amide bonds. The summed E-state index contributed by atoms with van der Waals surface area (Å²) in [5.74, 6) is -2.05. The molecule has 0 spiro atoms. The van der Waals surface area contributed by atoms with Crippen LogP contribution in [0.5, 0.6) is 5.75 Å². The number of likely N-dealkylation sites (tertiary alicyclic amines) is 1. The molecule has 2 aromatic rings. The van der Waals surface area contributed by atoms with E-state index in [0.29, 0.717) is 18.8 Å². The van der Waals surface area contributed by atoms with Crippen molar-refractivity contribution < 1.29 is 37.7 Å².